The number of nitrogens with one attached hydrogen (secondary N) is 1. The van der Waals surface area contributed by atoms with Gasteiger partial charge in [0.2, 0.25) is 0 Å². The molecule has 0 bridgehead atoms. The molecule has 0 radical (unpaired) electrons. The molecule has 2 nitrogen and oxygen atoms in total. The predicted octanol–water partition coefficient (Wildman–Crippen LogP) is 1.79. The lowest BCUT2D eigenvalue weighted by Crippen LogP contribution is -2.17. The van der Waals surface area contributed by atoms with Gasteiger partial charge in [0.15, 0.2) is 0 Å². The first-order valence-corrected chi connectivity index (χ1v) is 4.18. The number of rotatable bonds is 1. The van der Waals surface area contributed by atoms with Crippen molar-refractivity contribution in [2.45, 2.75) is 13.3 Å². The second-order valence-electron chi connectivity index (χ2n) is 2.48. The Balaban J connectivity index is 2.60. The zero-order valence-corrected chi connectivity index (χ0v) is 7.50. The van der Waals surface area contributed by atoms with Gasteiger partial charge in [0, 0.05) is 18.0 Å². The van der Waals surface area contributed by atoms with Crippen molar-refractivity contribution in [1.82, 2.24) is 5.32 Å². The Morgan fingerprint density at radius 2 is 2.08 bits per heavy atom. The van der Waals surface area contributed by atoms with Gasteiger partial charge < -0.3 is 0 Å². The molecule has 0 spiro atoms. The average Bonchev–Trinajstić information content (AvgIpc) is 2.19. The van der Waals surface area contributed by atoms with Crippen LogP contribution in [0.5, 0.6) is 0 Å². The molecule has 0 heterocycles. The minimum atomic E-state index is -0.151. The van der Waals surface area contributed by atoms with Gasteiger partial charge in [-0.3, -0.25) is 10.1 Å². The third kappa shape index (κ3) is 3.00. The maximum absolute atomic E-state index is 11.3. The summed E-state index contributed by atoms with van der Waals surface area (Å²) in [6, 6.07) is 11.6. The molecule has 1 rings (SSSR count). The number of carbonyl (C=O) groups is 1. The Labute approximate surface area is 78.0 Å². The minimum absolute atomic E-state index is 0.151. The first kappa shape index (κ1) is 9.34. The van der Waals surface area contributed by atoms with Crippen molar-refractivity contribution in [3.63, 3.8) is 0 Å². The number of benzene rings is 1. The highest BCUT2D eigenvalue weighted by Gasteiger charge is 1.99. The van der Waals surface area contributed by atoms with E-state index >= 15 is 0 Å². The summed E-state index contributed by atoms with van der Waals surface area (Å²) < 4.78 is 0. The maximum Gasteiger partial charge on any atom is 0.262 e. The van der Waals surface area contributed by atoms with Gasteiger partial charge in [-0.1, -0.05) is 31.0 Å². The molecule has 13 heavy (non-hydrogen) atoms. The Morgan fingerprint density at radius 3 is 2.69 bits per heavy atom. The smallest absolute Gasteiger partial charge is 0.262 e. The van der Waals surface area contributed by atoms with Gasteiger partial charge in [0.25, 0.3) is 5.91 Å². The molecule has 0 aliphatic carbocycles. The summed E-state index contributed by atoms with van der Waals surface area (Å²) in [5, 5.41) is 2.50. The Morgan fingerprint density at radius 1 is 1.38 bits per heavy atom. The molecule has 0 aromatic heterocycles. The van der Waals surface area contributed by atoms with E-state index < -0.39 is 0 Å². The summed E-state index contributed by atoms with van der Waals surface area (Å²) in [5.41, 5.74) is 0.632. The van der Waals surface area contributed by atoms with E-state index in [2.05, 4.69) is 17.3 Å². The van der Waals surface area contributed by atoms with E-state index in [1.54, 1.807) is 12.1 Å². The molecule has 0 atom stereocenters. The first-order chi connectivity index (χ1) is 6.34. The number of hydrogen-bond acceptors (Lipinski definition) is 1. The molecule has 1 amide bonds. The zero-order valence-electron chi connectivity index (χ0n) is 7.50. The van der Waals surface area contributed by atoms with Gasteiger partial charge in [0.1, 0.15) is 0 Å². The molecule has 0 aliphatic rings. The van der Waals surface area contributed by atoms with E-state index in [9.17, 15) is 4.79 Å². The third-order valence-corrected chi connectivity index (χ3v) is 1.48. The number of hydrogen-bond donors (Lipinski definition) is 1. The fraction of sp³-hybridized carbons (Fsp3) is 0.182. The fourth-order valence-electron chi connectivity index (χ4n) is 0.851. The van der Waals surface area contributed by atoms with Crippen molar-refractivity contribution >= 4 is 5.91 Å². The molecule has 1 N–H and O–H groups in total. The van der Waals surface area contributed by atoms with Crippen LogP contribution in [0.1, 0.15) is 23.7 Å². The monoisotopic (exact) mass is 173 g/mol. The molecule has 2 heteroatoms. The quantitative estimate of drug-likeness (QED) is 0.509. The SMILES string of the molecule is CCC#CNC(=O)c1ccccc1. The lowest BCUT2D eigenvalue weighted by atomic mass is 10.2. The fourth-order valence-corrected chi connectivity index (χ4v) is 0.851. The van der Waals surface area contributed by atoms with Crippen molar-refractivity contribution < 1.29 is 4.79 Å². The van der Waals surface area contributed by atoms with E-state index in [-0.39, 0.29) is 5.91 Å². The van der Waals surface area contributed by atoms with E-state index in [0.29, 0.717) is 5.56 Å². The Hall–Kier alpha value is -1.75. The van der Waals surface area contributed by atoms with Crippen LogP contribution in [0, 0.1) is 12.0 Å². The highest BCUT2D eigenvalue weighted by atomic mass is 16.1. The summed E-state index contributed by atoms with van der Waals surface area (Å²) in [5.74, 6) is 2.62. The number of amides is 1. The summed E-state index contributed by atoms with van der Waals surface area (Å²) in [7, 11) is 0. The van der Waals surface area contributed by atoms with Crippen molar-refractivity contribution in [1.29, 1.82) is 0 Å². The van der Waals surface area contributed by atoms with Crippen LogP contribution < -0.4 is 5.32 Å². The Kier molecular flexibility index (Phi) is 3.59. The predicted molar refractivity (Wildman–Crippen MR) is 52.0 cm³/mol. The first-order valence-electron chi connectivity index (χ1n) is 4.18. The molecule has 1 aromatic carbocycles. The molecule has 0 unspecified atom stereocenters. The van der Waals surface area contributed by atoms with Gasteiger partial charge in [0.05, 0.1) is 0 Å². The van der Waals surface area contributed by atoms with Gasteiger partial charge in [-0.15, -0.1) is 0 Å². The summed E-state index contributed by atoms with van der Waals surface area (Å²) in [4.78, 5) is 11.3. The molecule has 0 saturated carbocycles. The maximum atomic E-state index is 11.3. The van der Waals surface area contributed by atoms with Gasteiger partial charge >= 0.3 is 0 Å². The van der Waals surface area contributed by atoms with Gasteiger partial charge in [-0.25, -0.2) is 0 Å². The van der Waals surface area contributed by atoms with E-state index in [0.717, 1.165) is 6.42 Å². The minimum Gasteiger partial charge on any atom is -0.281 e. The largest absolute Gasteiger partial charge is 0.281 e. The van der Waals surface area contributed by atoms with E-state index in [1.807, 2.05) is 25.1 Å². The third-order valence-electron chi connectivity index (χ3n) is 1.48. The van der Waals surface area contributed by atoms with Crippen LogP contribution in [-0.2, 0) is 0 Å². The highest BCUT2D eigenvalue weighted by molar-refractivity contribution is 5.95. The van der Waals surface area contributed by atoms with Crippen LogP contribution in [0.25, 0.3) is 0 Å². The lowest BCUT2D eigenvalue weighted by Gasteiger charge is -1.95. The molecule has 0 aliphatic heterocycles. The zero-order chi connectivity index (χ0) is 9.52. The van der Waals surface area contributed by atoms with Crippen molar-refractivity contribution in [3.05, 3.63) is 35.9 Å². The van der Waals surface area contributed by atoms with Crippen molar-refractivity contribution in [3.8, 4) is 12.0 Å². The molecular weight excluding hydrogens is 162 g/mol. The van der Waals surface area contributed by atoms with Crippen LogP contribution in [-0.4, -0.2) is 5.91 Å². The normalized spacial score (nSPS) is 8.38. The highest BCUT2D eigenvalue weighted by Crippen LogP contribution is 1.96. The van der Waals surface area contributed by atoms with Gasteiger partial charge in [-0.2, -0.15) is 0 Å². The topological polar surface area (TPSA) is 29.1 Å². The van der Waals surface area contributed by atoms with Crippen LogP contribution in [0.3, 0.4) is 0 Å². The molecule has 0 fully saturated rings. The van der Waals surface area contributed by atoms with E-state index in [1.165, 1.54) is 0 Å². The van der Waals surface area contributed by atoms with Gasteiger partial charge in [-0.05, 0) is 12.1 Å². The van der Waals surface area contributed by atoms with Crippen molar-refractivity contribution in [2.24, 2.45) is 0 Å². The van der Waals surface area contributed by atoms with Crippen LogP contribution in [0.15, 0.2) is 30.3 Å². The average molecular weight is 173 g/mol. The molecule has 66 valence electrons. The molecular formula is C11H11NO. The van der Waals surface area contributed by atoms with Crippen LogP contribution in [0.4, 0.5) is 0 Å². The second kappa shape index (κ2) is 5.00. The molecule has 0 saturated heterocycles. The standard InChI is InChI=1S/C11H11NO/c1-2-3-9-12-11(13)10-7-5-4-6-8-10/h4-8H,2H2,1H3,(H,12,13). The summed E-state index contributed by atoms with van der Waals surface area (Å²) in [6.07, 6.45) is 0.745. The summed E-state index contributed by atoms with van der Waals surface area (Å²) >= 11 is 0. The Bertz CT molecular complexity index is 332. The summed E-state index contributed by atoms with van der Waals surface area (Å²) in [6.45, 7) is 1.93. The molecule has 1 aromatic rings. The van der Waals surface area contributed by atoms with E-state index in [4.69, 9.17) is 0 Å². The van der Waals surface area contributed by atoms with Crippen LogP contribution >= 0.6 is 0 Å². The number of carbonyl (C=O) groups excluding carboxylic acids is 1. The van der Waals surface area contributed by atoms with Crippen molar-refractivity contribution in [2.75, 3.05) is 0 Å². The van der Waals surface area contributed by atoms with Crippen LogP contribution in [0.2, 0.25) is 0 Å². The second-order valence-corrected chi connectivity index (χ2v) is 2.48. The lowest BCUT2D eigenvalue weighted by molar-refractivity contribution is 0.0973.